The standard InChI is InChI=1S/C11H13ClF3N3.ClH/c1-18(8-2-3-16-6-8)10-9(12)4-7(5-17-10)11(13,14)15;/h4-5,8,16H,2-3,6H2,1H3;1H. The van der Waals surface area contributed by atoms with Gasteiger partial charge < -0.3 is 10.2 Å². The molecule has 1 aromatic rings. The van der Waals surface area contributed by atoms with Crippen LogP contribution in [0.25, 0.3) is 0 Å². The summed E-state index contributed by atoms with van der Waals surface area (Å²) in [6, 6.07) is 1.13. The number of aromatic nitrogens is 1. The number of hydrogen-bond donors (Lipinski definition) is 1. The van der Waals surface area contributed by atoms with E-state index in [2.05, 4.69) is 10.3 Å². The average Bonchev–Trinajstić information content (AvgIpc) is 2.80. The Balaban J connectivity index is 0.00000180. The van der Waals surface area contributed by atoms with Crippen LogP contribution in [0.4, 0.5) is 19.0 Å². The number of likely N-dealkylation sites (N-methyl/N-ethyl adjacent to an activating group) is 1. The van der Waals surface area contributed by atoms with E-state index in [1.165, 1.54) is 0 Å². The lowest BCUT2D eigenvalue weighted by Gasteiger charge is -2.26. The lowest BCUT2D eigenvalue weighted by atomic mass is 10.2. The molecule has 0 bridgehead atoms. The highest BCUT2D eigenvalue weighted by molar-refractivity contribution is 6.33. The van der Waals surface area contributed by atoms with Crippen molar-refractivity contribution in [3.63, 3.8) is 0 Å². The van der Waals surface area contributed by atoms with Gasteiger partial charge in [0.25, 0.3) is 0 Å². The van der Waals surface area contributed by atoms with E-state index in [-0.39, 0.29) is 23.5 Å². The Morgan fingerprint density at radius 2 is 2.16 bits per heavy atom. The van der Waals surface area contributed by atoms with Crippen LogP contribution < -0.4 is 10.2 Å². The molecule has 3 nitrogen and oxygen atoms in total. The number of alkyl halides is 3. The zero-order valence-corrected chi connectivity index (χ0v) is 11.7. The highest BCUT2D eigenvalue weighted by Crippen LogP contribution is 2.33. The Labute approximate surface area is 120 Å². The van der Waals surface area contributed by atoms with E-state index < -0.39 is 11.7 Å². The van der Waals surface area contributed by atoms with Crippen molar-refractivity contribution >= 4 is 29.8 Å². The number of rotatable bonds is 2. The molecule has 2 rings (SSSR count). The van der Waals surface area contributed by atoms with Crippen molar-refractivity contribution in [1.82, 2.24) is 10.3 Å². The normalized spacial score (nSPS) is 19.1. The molecular weight excluding hydrogens is 302 g/mol. The largest absolute Gasteiger partial charge is 0.417 e. The second kappa shape index (κ2) is 6.15. The first kappa shape index (κ1) is 16.3. The predicted octanol–water partition coefficient (Wildman–Crippen LogP) is 2.97. The van der Waals surface area contributed by atoms with Gasteiger partial charge in [0.05, 0.1) is 10.6 Å². The zero-order valence-electron chi connectivity index (χ0n) is 10.2. The first-order chi connectivity index (χ1) is 8.39. The lowest BCUT2D eigenvalue weighted by Crippen LogP contribution is -2.34. The quantitative estimate of drug-likeness (QED) is 0.909. The maximum atomic E-state index is 12.5. The molecular formula is C11H14Cl2F3N3. The van der Waals surface area contributed by atoms with Crippen LogP contribution in [0, 0.1) is 0 Å². The smallest absolute Gasteiger partial charge is 0.354 e. The van der Waals surface area contributed by atoms with Gasteiger partial charge in [-0.1, -0.05) is 11.6 Å². The minimum absolute atomic E-state index is 0. The van der Waals surface area contributed by atoms with Crippen molar-refractivity contribution in [3.05, 3.63) is 22.8 Å². The summed E-state index contributed by atoms with van der Waals surface area (Å²) in [4.78, 5) is 5.66. The molecule has 0 spiro atoms. The summed E-state index contributed by atoms with van der Waals surface area (Å²) in [5.41, 5.74) is -0.825. The summed E-state index contributed by atoms with van der Waals surface area (Å²) in [7, 11) is 1.79. The molecule has 1 fully saturated rings. The summed E-state index contributed by atoms with van der Waals surface area (Å²) in [5, 5.41) is 3.21. The van der Waals surface area contributed by atoms with Crippen molar-refractivity contribution in [2.24, 2.45) is 0 Å². The molecule has 1 atom stereocenters. The third-order valence-corrected chi connectivity index (χ3v) is 3.34. The number of nitrogens with zero attached hydrogens (tertiary/aromatic N) is 2. The third-order valence-electron chi connectivity index (χ3n) is 3.07. The molecule has 1 unspecified atom stereocenters. The van der Waals surface area contributed by atoms with Gasteiger partial charge in [0, 0.05) is 25.8 Å². The lowest BCUT2D eigenvalue weighted by molar-refractivity contribution is -0.137. The molecule has 108 valence electrons. The second-order valence-electron chi connectivity index (χ2n) is 4.28. The van der Waals surface area contributed by atoms with E-state index in [9.17, 15) is 13.2 Å². The van der Waals surface area contributed by atoms with E-state index in [1.807, 2.05) is 4.90 Å². The van der Waals surface area contributed by atoms with Crippen LogP contribution in [-0.2, 0) is 6.18 Å². The first-order valence-electron chi connectivity index (χ1n) is 5.56. The second-order valence-corrected chi connectivity index (χ2v) is 4.69. The number of anilines is 1. The number of halogens is 5. The highest BCUT2D eigenvalue weighted by atomic mass is 35.5. The van der Waals surface area contributed by atoms with Crippen LogP contribution in [0.2, 0.25) is 5.02 Å². The van der Waals surface area contributed by atoms with Gasteiger partial charge in [-0.25, -0.2) is 4.98 Å². The first-order valence-corrected chi connectivity index (χ1v) is 5.93. The maximum absolute atomic E-state index is 12.5. The Morgan fingerprint density at radius 1 is 1.47 bits per heavy atom. The van der Waals surface area contributed by atoms with Gasteiger partial charge >= 0.3 is 6.18 Å². The van der Waals surface area contributed by atoms with Crippen LogP contribution in [0.5, 0.6) is 0 Å². The average molecular weight is 316 g/mol. The van der Waals surface area contributed by atoms with Gasteiger partial charge in [0.15, 0.2) is 0 Å². The molecule has 19 heavy (non-hydrogen) atoms. The molecule has 2 heterocycles. The van der Waals surface area contributed by atoms with E-state index in [4.69, 9.17) is 11.6 Å². The Morgan fingerprint density at radius 3 is 2.63 bits per heavy atom. The van der Waals surface area contributed by atoms with Gasteiger partial charge in [0.1, 0.15) is 5.82 Å². The van der Waals surface area contributed by atoms with Crippen molar-refractivity contribution in [2.75, 3.05) is 25.0 Å². The molecule has 8 heteroatoms. The van der Waals surface area contributed by atoms with E-state index >= 15 is 0 Å². The minimum atomic E-state index is -4.41. The fourth-order valence-electron chi connectivity index (χ4n) is 1.99. The topological polar surface area (TPSA) is 28.2 Å². The summed E-state index contributed by atoms with van der Waals surface area (Å²) in [6.45, 7) is 1.68. The Kier molecular flexibility index (Phi) is 5.29. The number of hydrogen-bond acceptors (Lipinski definition) is 3. The Hall–Kier alpha value is -0.720. The fraction of sp³-hybridized carbons (Fsp3) is 0.545. The van der Waals surface area contributed by atoms with Crippen LogP contribution in [0.1, 0.15) is 12.0 Å². The molecule has 0 aromatic carbocycles. The third kappa shape index (κ3) is 3.64. The van der Waals surface area contributed by atoms with Crippen molar-refractivity contribution < 1.29 is 13.2 Å². The van der Waals surface area contributed by atoms with Crippen molar-refractivity contribution in [3.8, 4) is 0 Å². The SMILES string of the molecule is CN(c1ncc(C(F)(F)F)cc1Cl)C1CCNC1.Cl. The van der Waals surface area contributed by atoms with Gasteiger partial charge in [-0.05, 0) is 19.0 Å². The van der Waals surface area contributed by atoms with Crippen LogP contribution >= 0.6 is 24.0 Å². The van der Waals surface area contributed by atoms with Gasteiger partial charge in [0.2, 0.25) is 0 Å². The van der Waals surface area contributed by atoms with Gasteiger partial charge in [-0.3, -0.25) is 0 Å². The minimum Gasteiger partial charge on any atom is -0.354 e. The van der Waals surface area contributed by atoms with Gasteiger partial charge in [-0.2, -0.15) is 13.2 Å². The molecule has 1 aliphatic rings. The summed E-state index contributed by atoms with van der Waals surface area (Å²) >= 11 is 5.88. The van der Waals surface area contributed by atoms with Crippen LogP contribution in [0.3, 0.4) is 0 Å². The van der Waals surface area contributed by atoms with Crippen LogP contribution in [-0.4, -0.2) is 31.2 Å². The molecule has 0 amide bonds. The summed E-state index contributed by atoms with van der Waals surface area (Å²) < 4.78 is 37.4. The van der Waals surface area contributed by atoms with E-state index in [0.717, 1.165) is 31.8 Å². The Bertz CT molecular complexity index is 434. The molecule has 1 aromatic heterocycles. The van der Waals surface area contributed by atoms with Crippen molar-refractivity contribution in [1.29, 1.82) is 0 Å². The van der Waals surface area contributed by atoms with Crippen LogP contribution in [0.15, 0.2) is 12.3 Å². The van der Waals surface area contributed by atoms with E-state index in [1.54, 1.807) is 7.05 Å². The maximum Gasteiger partial charge on any atom is 0.417 e. The molecule has 1 aliphatic heterocycles. The fourth-order valence-corrected chi connectivity index (χ4v) is 2.29. The molecule has 0 radical (unpaired) electrons. The van der Waals surface area contributed by atoms with E-state index in [0.29, 0.717) is 5.82 Å². The molecule has 1 N–H and O–H groups in total. The highest BCUT2D eigenvalue weighted by Gasteiger charge is 2.32. The molecule has 0 saturated carbocycles. The number of nitrogens with one attached hydrogen (secondary N) is 1. The summed E-state index contributed by atoms with van der Waals surface area (Å²) in [6.07, 6.45) is -2.67. The molecule has 1 saturated heterocycles. The predicted molar refractivity (Wildman–Crippen MR) is 71.2 cm³/mol. The number of pyridine rings is 1. The monoisotopic (exact) mass is 315 g/mol. The van der Waals surface area contributed by atoms with Crippen molar-refractivity contribution in [2.45, 2.75) is 18.6 Å². The molecule has 0 aliphatic carbocycles. The van der Waals surface area contributed by atoms with Gasteiger partial charge in [-0.15, -0.1) is 12.4 Å². The zero-order chi connectivity index (χ0) is 13.3. The summed E-state index contributed by atoms with van der Waals surface area (Å²) in [5.74, 6) is 0.387.